The van der Waals surface area contributed by atoms with Gasteiger partial charge in [-0.05, 0) is 68.2 Å². The number of aliphatic imine (C=N–C) groups is 1. The maximum Gasteiger partial charge on any atom is 0.311 e. The third-order valence-electron chi connectivity index (χ3n) is 5.09. The summed E-state index contributed by atoms with van der Waals surface area (Å²) in [5.41, 5.74) is 7.42. The number of benzene rings is 2. The van der Waals surface area contributed by atoms with Crippen LogP contribution in [0.2, 0.25) is 0 Å². The van der Waals surface area contributed by atoms with E-state index in [4.69, 9.17) is 9.73 Å². The lowest BCUT2D eigenvalue weighted by Crippen LogP contribution is -2.16. The van der Waals surface area contributed by atoms with Crippen molar-refractivity contribution in [2.45, 2.75) is 34.1 Å². The summed E-state index contributed by atoms with van der Waals surface area (Å²) in [6.07, 6.45) is 1.90. The van der Waals surface area contributed by atoms with Gasteiger partial charge in [0.05, 0.1) is 35.7 Å². The molecule has 0 aromatic heterocycles. The minimum absolute atomic E-state index is 0.0943. The van der Waals surface area contributed by atoms with E-state index < -0.39 is 0 Å². The molecule has 0 spiro atoms. The first-order chi connectivity index (χ1) is 14.8. The molecule has 0 atom stereocenters. The molecule has 0 unspecified atom stereocenters. The van der Waals surface area contributed by atoms with Crippen LogP contribution in [0.15, 0.2) is 47.1 Å². The first kappa shape index (κ1) is 22.6. The minimum Gasteiger partial charge on any atom is -0.469 e. The summed E-state index contributed by atoms with van der Waals surface area (Å²) in [4.78, 5) is 29.2. The Bertz CT molecular complexity index is 1070. The molecule has 2 N–H and O–H groups in total. The van der Waals surface area contributed by atoms with Gasteiger partial charge >= 0.3 is 5.97 Å². The van der Waals surface area contributed by atoms with Crippen LogP contribution in [0.3, 0.4) is 0 Å². The predicted molar refractivity (Wildman–Crippen MR) is 128 cm³/mol. The maximum atomic E-state index is 12.6. The number of thioether (sulfide) groups is 1. The molecule has 6 nitrogen and oxygen atoms in total. The van der Waals surface area contributed by atoms with E-state index >= 15 is 0 Å². The zero-order valence-corrected chi connectivity index (χ0v) is 19.3. The van der Waals surface area contributed by atoms with E-state index in [2.05, 4.69) is 10.6 Å². The highest BCUT2D eigenvalue weighted by Crippen LogP contribution is 2.34. The topological polar surface area (TPSA) is 79.8 Å². The Kier molecular flexibility index (Phi) is 7.17. The Hall–Kier alpha value is -3.06. The number of para-hydroxylation sites is 1. The number of fused-ring (bicyclic) bond motifs is 1. The van der Waals surface area contributed by atoms with Crippen molar-refractivity contribution in [1.29, 1.82) is 0 Å². The lowest BCUT2D eigenvalue weighted by molar-refractivity contribution is -0.139. The van der Waals surface area contributed by atoms with E-state index in [1.807, 2.05) is 58.0 Å². The van der Waals surface area contributed by atoms with Gasteiger partial charge in [-0.2, -0.15) is 0 Å². The summed E-state index contributed by atoms with van der Waals surface area (Å²) >= 11 is 1.33. The van der Waals surface area contributed by atoms with Crippen molar-refractivity contribution < 1.29 is 14.3 Å². The highest BCUT2D eigenvalue weighted by Gasteiger charge is 2.17. The van der Waals surface area contributed by atoms with E-state index in [-0.39, 0.29) is 24.1 Å². The second-order valence-electron chi connectivity index (χ2n) is 7.55. The largest absolute Gasteiger partial charge is 0.469 e. The molecule has 1 aliphatic rings. The maximum absolute atomic E-state index is 12.6. The van der Waals surface area contributed by atoms with Crippen LogP contribution in [0.1, 0.15) is 28.7 Å². The van der Waals surface area contributed by atoms with Crippen molar-refractivity contribution in [1.82, 2.24) is 0 Å². The summed E-state index contributed by atoms with van der Waals surface area (Å²) in [5.74, 6) is -0.247. The molecule has 2 aromatic carbocycles. The van der Waals surface area contributed by atoms with Gasteiger partial charge in [0.2, 0.25) is 5.91 Å². The van der Waals surface area contributed by atoms with Gasteiger partial charge in [0.15, 0.2) is 0 Å². The van der Waals surface area contributed by atoms with Crippen molar-refractivity contribution in [3.05, 3.63) is 64.4 Å². The van der Waals surface area contributed by atoms with Gasteiger partial charge in [0, 0.05) is 11.4 Å². The van der Waals surface area contributed by atoms with Gasteiger partial charge < -0.3 is 15.4 Å². The molecule has 3 rings (SSSR count). The molecular formula is C24H27N3O3S. The quantitative estimate of drug-likeness (QED) is 0.629. The normalized spacial score (nSPS) is 12.7. The fourth-order valence-electron chi connectivity index (χ4n) is 3.23. The lowest BCUT2D eigenvalue weighted by atomic mass is 10.1. The van der Waals surface area contributed by atoms with Crippen LogP contribution < -0.4 is 10.6 Å². The molecule has 162 valence electrons. The molecule has 1 amide bonds. The van der Waals surface area contributed by atoms with Gasteiger partial charge in [-0.15, -0.1) is 0 Å². The average Bonchev–Trinajstić information content (AvgIpc) is 2.88. The summed E-state index contributed by atoms with van der Waals surface area (Å²) in [5, 5.41) is 6.95. The second-order valence-corrected chi connectivity index (χ2v) is 8.55. The molecule has 0 fully saturated rings. The van der Waals surface area contributed by atoms with Gasteiger partial charge in [-0.3, -0.25) is 9.59 Å². The third kappa shape index (κ3) is 5.76. The van der Waals surface area contributed by atoms with Crippen LogP contribution in [0.5, 0.6) is 0 Å². The lowest BCUT2D eigenvalue weighted by Gasteiger charge is -2.12. The number of aryl methyl sites for hydroxylation is 4. The Labute approximate surface area is 187 Å². The van der Waals surface area contributed by atoms with E-state index in [1.54, 1.807) is 6.08 Å². The van der Waals surface area contributed by atoms with Crippen LogP contribution >= 0.6 is 11.8 Å². The zero-order chi connectivity index (χ0) is 22.5. The predicted octanol–water partition coefficient (Wildman–Crippen LogP) is 5.19. The minimum atomic E-state index is -0.344. The monoisotopic (exact) mass is 437 g/mol. The SMILES string of the molecule is COC(=O)CC1=CC(SCC(=O)Nc2c(C)cccc2C)=Nc2cc(C)c(C)cc2N1. The van der Waals surface area contributed by atoms with Crippen LogP contribution in [0.4, 0.5) is 17.1 Å². The van der Waals surface area contributed by atoms with E-state index in [0.717, 1.165) is 39.3 Å². The van der Waals surface area contributed by atoms with Crippen LogP contribution in [-0.4, -0.2) is 29.8 Å². The summed E-state index contributed by atoms with van der Waals surface area (Å²) in [6, 6.07) is 9.93. The van der Waals surface area contributed by atoms with Crippen molar-refractivity contribution in [2.24, 2.45) is 4.99 Å². The Balaban J connectivity index is 1.81. The van der Waals surface area contributed by atoms with Crippen molar-refractivity contribution in [2.75, 3.05) is 23.5 Å². The second kappa shape index (κ2) is 9.83. The molecule has 7 heteroatoms. The van der Waals surface area contributed by atoms with Crippen LogP contribution in [0.25, 0.3) is 0 Å². The Morgan fingerprint density at radius 3 is 2.42 bits per heavy atom. The number of methoxy groups -OCH3 is 1. The number of carbonyl (C=O) groups excluding carboxylic acids is 2. The molecule has 0 bridgehead atoms. The molecule has 0 aliphatic carbocycles. The van der Waals surface area contributed by atoms with Gasteiger partial charge in [-0.25, -0.2) is 4.99 Å². The number of hydrogen-bond acceptors (Lipinski definition) is 6. The van der Waals surface area contributed by atoms with Crippen molar-refractivity contribution >= 4 is 45.7 Å². The molecule has 0 saturated heterocycles. The van der Waals surface area contributed by atoms with Crippen LogP contribution in [-0.2, 0) is 14.3 Å². The number of nitrogens with one attached hydrogen (secondary N) is 2. The van der Waals surface area contributed by atoms with E-state index in [0.29, 0.717) is 10.7 Å². The first-order valence-corrected chi connectivity index (χ1v) is 11.0. The summed E-state index contributed by atoms with van der Waals surface area (Å²) in [6.45, 7) is 8.01. The molecule has 1 heterocycles. The molecule has 0 saturated carbocycles. The number of amides is 1. The third-order valence-corrected chi connectivity index (χ3v) is 6.01. The van der Waals surface area contributed by atoms with Crippen molar-refractivity contribution in [3.63, 3.8) is 0 Å². The van der Waals surface area contributed by atoms with E-state index in [1.165, 1.54) is 18.9 Å². The van der Waals surface area contributed by atoms with Gasteiger partial charge in [0.1, 0.15) is 0 Å². The average molecular weight is 438 g/mol. The highest BCUT2D eigenvalue weighted by atomic mass is 32.2. The number of carbonyl (C=O) groups is 2. The number of hydrogen-bond donors (Lipinski definition) is 2. The molecule has 31 heavy (non-hydrogen) atoms. The first-order valence-electron chi connectivity index (χ1n) is 10.00. The standard InChI is InChI=1S/C24H27N3O3S/c1-14-7-6-8-15(2)24(14)27-21(28)13-31-22-11-18(12-23(29)30-5)25-19-9-16(3)17(4)10-20(19)26-22/h6-11,25H,12-13H2,1-5H3,(H,27,28). The van der Waals surface area contributed by atoms with E-state index in [9.17, 15) is 9.59 Å². The zero-order valence-electron chi connectivity index (χ0n) is 18.5. The Morgan fingerprint density at radius 2 is 1.74 bits per heavy atom. The molecule has 0 radical (unpaired) electrons. The number of nitrogens with zero attached hydrogens (tertiary/aromatic N) is 1. The summed E-state index contributed by atoms with van der Waals surface area (Å²) in [7, 11) is 1.36. The van der Waals surface area contributed by atoms with Gasteiger partial charge in [0.25, 0.3) is 0 Å². The van der Waals surface area contributed by atoms with Crippen LogP contribution in [0, 0.1) is 27.7 Å². The van der Waals surface area contributed by atoms with Gasteiger partial charge in [-0.1, -0.05) is 30.0 Å². The number of esters is 1. The number of anilines is 2. The number of rotatable bonds is 5. The smallest absolute Gasteiger partial charge is 0.311 e. The fourth-order valence-corrected chi connectivity index (χ4v) is 3.97. The fraction of sp³-hybridized carbons (Fsp3) is 0.292. The molecule has 2 aromatic rings. The number of ether oxygens (including phenoxy) is 1. The Morgan fingerprint density at radius 1 is 1.06 bits per heavy atom. The van der Waals surface area contributed by atoms with Crippen molar-refractivity contribution in [3.8, 4) is 0 Å². The molecular weight excluding hydrogens is 410 g/mol. The summed E-state index contributed by atoms with van der Waals surface area (Å²) < 4.78 is 4.82. The highest BCUT2D eigenvalue weighted by molar-refractivity contribution is 8.14. The molecule has 1 aliphatic heterocycles.